The maximum atomic E-state index is 14.7. The van der Waals surface area contributed by atoms with Crippen LogP contribution in [0.2, 0.25) is 0 Å². The van der Waals surface area contributed by atoms with Crippen LogP contribution in [0.15, 0.2) is 84.4 Å². The van der Waals surface area contributed by atoms with Crippen LogP contribution in [0.3, 0.4) is 0 Å². The Balaban J connectivity index is 1.15. The van der Waals surface area contributed by atoms with Crippen molar-refractivity contribution in [2.45, 2.75) is 51.1 Å². The van der Waals surface area contributed by atoms with E-state index in [9.17, 15) is 24.3 Å². The SMILES string of the molecule is COc1cc([C@H]2C3=CC[C@@H]4C(=O)N(C5CCN(Cc6ccccc6)CC5)C(=O)[C@@H]4[C@@H]3C[C@H]3C(=O)N(c4ccccc4)C(=O)[C@@]23C)cc(OC)c1O. The average molecular weight is 690 g/mol. The lowest BCUT2D eigenvalue weighted by Crippen LogP contribution is -2.49. The predicted molar refractivity (Wildman–Crippen MR) is 189 cm³/mol. The molecule has 0 aromatic heterocycles. The summed E-state index contributed by atoms with van der Waals surface area (Å²) in [4.78, 5) is 63.1. The van der Waals surface area contributed by atoms with Crippen LogP contribution in [-0.2, 0) is 25.7 Å². The maximum absolute atomic E-state index is 14.7. The Bertz CT molecular complexity index is 1900. The molecule has 264 valence electrons. The van der Waals surface area contributed by atoms with Crippen molar-refractivity contribution >= 4 is 29.3 Å². The zero-order valence-corrected chi connectivity index (χ0v) is 29.2. The quantitative estimate of drug-likeness (QED) is 0.263. The second-order valence-corrected chi connectivity index (χ2v) is 14.8. The number of methoxy groups -OCH3 is 2. The van der Waals surface area contributed by atoms with Crippen LogP contribution in [0, 0.1) is 29.1 Å². The van der Waals surface area contributed by atoms with Gasteiger partial charge in [0.05, 0.1) is 43.1 Å². The number of hydrogen-bond donors (Lipinski definition) is 1. The molecule has 0 spiro atoms. The molecule has 1 saturated carbocycles. The number of piperidine rings is 1. The van der Waals surface area contributed by atoms with E-state index in [1.54, 1.807) is 41.3 Å². The Morgan fingerprint density at radius 3 is 2.08 bits per heavy atom. The highest BCUT2D eigenvalue weighted by Gasteiger charge is 2.68. The summed E-state index contributed by atoms with van der Waals surface area (Å²) in [5.41, 5.74) is 2.03. The Morgan fingerprint density at radius 2 is 1.45 bits per heavy atom. The van der Waals surface area contributed by atoms with E-state index in [2.05, 4.69) is 17.0 Å². The standard InChI is InChI=1S/C41H43N3O7/c1-41-31(38(47)44(40(41)49)26-12-8-5-9-13-26)22-30-28(35(41)25-20-32(50-2)36(45)33(21-25)51-3)14-15-29-34(30)39(48)43(37(29)46)27-16-18-42(19-17-27)23-24-10-6-4-7-11-24/h4-14,20-21,27,29-31,34-35,45H,15-19,22-23H2,1-3H3/t29-,30+,31-,34-,35-,41+/m0/s1. The first kappa shape index (κ1) is 33.2. The van der Waals surface area contributed by atoms with Crippen LogP contribution in [0.25, 0.3) is 0 Å². The number of imide groups is 2. The Labute approximate surface area is 297 Å². The smallest absolute Gasteiger partial charge is 0.241 e. The van der Waals surface area contributed by atoms with Gasteiger partial charge in [-0.05, 0) is 73.9 Å². The van der Waals surface area contributed by atoms with Gasteiger partial charge in [0.15, 0.2) is 11.5 Å². The van der Waals surface area contributed by atoms with E-state index in [0.717, 1.165) is 25.2 Å². The van der Waals surface area contributed by atoms with Crippen molar-refractivity contribution in [1.29, 1.82) is 0 Å². The van der Waals surface area contributed by atoms with Gasteiger partial charge >= 0.3 is 0 Å². The van der Waals surface area contributed by atoms with Gasteiger partial charge in [0, 0.05) is 31.6 Å². The number of allylic oxidation sites excluding steroid dienone is 2. The number of para-hydroxylation sites is 1. The molecule has 3 saturated heterocycles. The van der Waals surface area contributed by atoms with Gasteiger partial charge in [0.25, 0.3) is 0 Å². The topological polar surface area (TPSA) is 117 Å². The minimum atomic E-state index is -1.22. The van der Waals surface area contributed by atoms with Gasteiger partial charge in [-0.2, -0.15) is 0 Å². The minimum Gasteiger partial charge on any atom is -0.502 e. The number of anilines is 1. The molecule has 8 rings (SSSR count). The lowest BCUT2D eigenvalue weighted by molar-refractivity contribution is -0.144. The number of phenols is 1. The molecule has 0 unspecified atom stereocenters. The minimum absolute atomic E-state index is 0.126. The van der Waals surface area contributed by atoms with E-state index < -0.39 is 35.0 Å². The number of nitrogens with zero attached hydrogens (tertiary/aromatic N) is 3. The summed E-state index contributed by atoms with van der Waals surface area (Å²) < 4.78 is 11.1. The normalized spacial score (nSPS) is 29.5. The fourth-order valence-electron chi connectivity index (χ4n) is 9.86. The Hall–Kier alpha value is -4.96. The summed E-state index contributed by atoms with van der Waals surface area (Å²) in [6.45, 7) is 4.25. The second-order valence-electron chi connectivity index (χ2n) is 14.8. The van der Waals surface area contributed by atoms with Gasteiger partial charge in [-0.15, -0.1) is 0 Å². The third kappa shape index (κ3) is 5.09. The van der Waals surface area contributed by atoms with Crippen LogP contribution >= 0.6 is 0 Å². The maximum Gasteiger partial charge on any atom is 0.241 e. The number of benzene rings is 3. The first-order valence-corrected chi connectivity index (χ1v) is 17.9. The number of carbonyl (C=O) groups is 4. The number of likely N-dealkylation sites (tertiary alicyclic amines) is 2. The molecule has 3 aromatic rings. The van der Waals surface area contributed by atoms with Crippen LogP contribution in [-0.4, -0.2) is 71.9 Å². The zero-order chi connectivity index (χ0) is 35.6. The van der Waals surface area contributed by atoms with Crippen molar-refractivity contribution in [3.8, 4) is 17.2 Å². The summed E-state index contributed by atoms with van der Waals surface area (Å²) >= 11 is 0. The first-order valence-electron chi connectivity index (χ1n) is 17.9. The van der Waals surface area contributed by atoms with Crippen LogP contribution in [0.5, 0.6) is 17.2 Å². The molecular formula is C41H43N3O7. The molecule has 2 aliphatic carbocycles. The zero-order valence-electron chi connectivity index (χ0n) is 29.2. The molecular weight excluding hydrogens is 646 g/mol. The van der Waals surface area contributed by atoms with Crippen LogP contribution in [0.4, 0.5) is 5.69 Å². The molecule has 3 aromatic carbocycles. The molecule has 5 aliphatic rings. The molecule has 3 heterocycles. The number of rotatable bonds is 7. The highest BCUT2D eigenvalue weighted by Crippen LogP contribution is 2.64. The van der Waals surface area contributed by atoms with Gasteiger partial charge in [-0.25, -0.2) is 4.90 Å². The molecule has 6 atom stereocenters. The monoisotopic (exact) mass is 689 g/mol. The number of fused-ring (bicyclic) bond motifs is 4. The fourth-order valence-corrected chi connectivity index (χ4v) is 9.86. The lowest BCUT2D eigenvalue weighted by Gasteiger charge is -2.49. The number of phenolic OH excluding ortho intramolecular Hbond substituents is 1. The van der Waals surface area contributed by atoms with E-state index in [1.807, 2.05) is 37.3 Å². The number of carbonyl (C=O) groups excluding carboxylic acids is 4. The first-order chi connectivity index (χ1) is 24.7. The molecule has 10 heteroatoms. The number of amides is 4. The van der Waals surface area contributed by atoms with Crippen molar-refractivity contribution in [2.75, 3.05) is 32.2 Å². The van der Waals surface area contributed by atoms with Gasteiger partial charge in [0.1, 0.15) is 0 Å². The summed E-state index contributed by atoms with van der Waals surface area (Å²) in [7, 11) is 2.89. The van der Waals surface area contributed by atoms with E-state index in [-0.39, 0.29) is 53.3 Å². The van der Waals surface area contributed by atoms with Gasteiger partial charge < -0.3 is 14.6 Å². The molecule has 4 amide bonds. The molecule has 10 nitrogen and oxygen atoms in total. The van der Waals surface area contributed by atoms with Crippen molar-refractivity contribution in [3.05, 3.63) is 95.6 Å². The molecule has 0 bridgehead atoms. The van der Waals surface area contributed by atoms with E-state index in [4.69, 9.17) is 9.47 Å². The molecule has 1 N–H and O–H groups in total. The summed E-state index contributed by atoms with van der Waals surface area (Å²) in [5, 5.41) is 10.8. The van der Waals surface area contributed by atoms with Crippen LogP contribution < -0.4 is 14.4 Å². The molecule has 0 radical (unpaired) electrons. The van der Waals surface area contributed by atoms with E-state index in [1.165, 1.54) is 24.7 Å². The number of ether oxygens (including phenoxy) is 2. The van der Waals surface area contributed by atoms with Crippen molar-refractivity contribution in [1.82, 2.24) is 9.80 Å². The molecule has 4 fully saturated rings. The van der Waals surface area contributed by atoms with E-state index in [0.29, 0.717) is 30.5 Å². The van der Waals surface area contributed by atoms with Crippen LogP contribution in [0.1, 0.15) is 49.7 Å². The Kier molecular flexibility index (Phi) is 8.25. The Morgan fingerprint density at radius 1 is 0.824 bits per heavy atom. The molecule has 3 aliphatic heterocycles. The third-order valence-corrected chi connectivity index (χ3v) is 12.3. The number of aromatic hydroxyl groups is 1. The van der Waals surface area contributed by atoms with Crippen molar-refractivity contribution in [2.24, 2.45) is 29.1 Å². The summed E-state index contributed by atoms with van der Waals surface area (Å²) in [6.07, 6.45) is 4.12. The third-order valence-electron chi connectivity index (χ3n) is 12.3. The highest BCUT2D eigenvalue weighted by molar-refractivity contribution is 6.24. The average Bonchev–Trinajstić information content (AvgIpc) is 3.52. The highest BCUT2D eigenvalue weighted by atomic mass is 16.5. The van der Waals surface area contributed by atoms with Gasteiger partial charge in [0.2, 0.25) is 29.4 Å². The lowest BCUT2D eigenvalue weighted by atomic mass is 9.51. The predicted octanol–water partition coefficient (Wildman–Crippen LogP) is 5.30. The van der Waals surface area contributed by atoms with Gasteiger partial charge in [-0.1, -0.05) is 60.2 Å². The second kappa shape index (κ2) is 12.7. The van der Waals surface area contributed by atoms with Gasteiger partial charge in [-0.3, -0.25) is 29.0 Å². The summed E-state index contributed by atoms with van der Waals surface area (Å²) in [5.74, 6) is -3.70. The number of hydrogen-bond acceptors (Lipinski definition) is 8. The van der Waals surface area contributed by atoms with E-state index >= 15 is 0 Å². The summed E-state index contributed by atoms with van der Waals surface area (Å²) in [6, 6.07) is 22.5. The van der Waals surface area contributed by atoms with Crippen molar-refractivity contribution < 1.29 is 33.8 Å². The molecule has 51 heavy (non-hydrogen) atoms. The largest absolute Gasteiger partial charge is 0.502 e. The van der Waals surface area contributed by atoms with Crippen molar-refractivity contribution in [3.63, 3.8) is 0 Å². The fraction of sp³-hybridized carbons (Fsp3) is 0.415.